The number of hydrogen-bond donors (Lipinski definition) is 3. The molecule has 0 atom stereocenters. The highest BCUT2D eigenvalue weighted by Gasteiger charge is 2.32. The molecule has 2 heterocycles. The van der Waals surface area contributed by atoms with E-state index in [-0.39, 0.29) is 0 Å². The molecule has 3 nitrogen and oxygen atoms in total. The summed E-state index contributed by atoms with van der Waals surface area (Å²) < 4.78 is 0.669. The van der Waals surface area contributed by atoms with Gasteiger partial charge in [-0.25, -0.2) is 0 Å². The second kappa shape index (κ2) is 5.19. The third-order valence-electron chi connectivity index (χ3n) is 3.66. The van der Waals surface area contributed by atoms with Gasteiger partial charge in [0.2, 0.25) is 0 Å². The Labute approximate surface area is 139 Å². The fraction of sp³-hybridized carbons (Fsp3) is 0.267. The van der Waals surface area contributed by atoms with E-state index in [9.17, 15) is 0 Å². The summed E-state index contributed by atoms with van der Waals surface area (Å²) in [5, 5.41) is 14.5. The quantitative estimate of drug-likeness (QED) is 0.541. The van der Waals surface area contributed by atoms with Crippen molar-refractivity contribution < 1.29 is 0 Å². The number of nitrogens with one attached hydrogen (secondary N) is 3. The molecule has 3 rings (SSSR count). The summed E-state index contributed by atoms with van der Waals surface area (Å²) in [5.41, 5.74) is 5.34. The van der Waals surface area contributed by atoms with Crippen molar-refractivity contribution >= 4 is 57.0 Å². The zero-order valence-electron chi connectivity index (χ0n) is 12.0. The third kappa shape index (κ3) is 2.31. The Morgan fingerprint density at radius 2 is 1.86 bits per heavy atom. The zero-order chi connectivity index (χ0) is 15.3. The van der Waals surface area contributed by atoms with Gasteiger partial charge in [0, 0.05) is 11.1 Å². The SMILES string of the molecule is Cc1ccc(C(C)C)c2c1C(=N)N/C2=C1/SC(=S)NC1=S. The predicted octanol–water partition coefficient (Wildman–Crippen LogP) is 3.66. The van der Waals surface area contributed by atoms with Crippen LogP contribution in [0.5, 0.6) is 0 Å². The van der Waals surface area contributed by atoms with Crippen LogP contribution < -0.4 is 10.6 Å². The van der Waals surface area contributed by atoms with E-state index < -0.39 is 0 Å². The molecule has 2 aliphatic rings. The van der Waals surface area contributed by atoms with E-state index in [4.69, 9.17) is 29.8 Å². The van der Waals surface area contributed by atoms with Crippen LogP contribution in [0.25, 0.3) is 5.70 Å². The Morgan fingerprint density at radius 3 is 2.43 bits per heavy atom. The number of amidine groups is 1. The van der Waals surface area contributed by atoms with E-state index in [1.807, 2.05) is 6.92 Å². The van der Waals surface area contributed by atoms with E-state index in [0.29, 0.717) is 21.1 Å². The Hall–Kier alpha value is -1.24. The van der Waals surface area contributed by atoms with Crippen molar-refractivity contribution in [1.29, 1.82) is 5.41 Å². The average molecular weight is 334 g/mol. The molecule has 0 unspecified atom stereocenters. The normalized spacial score (nSPS) is 20.9. The minimum atomic E-state index is 0.377. The molecule has 1 aromatic carbocycles. The second-order valence-electron chi connectivity index (χ2n) is 5.42. The van der Waals surface area contributed by atoms with E-state index in [2.05, 4.69) is 36.6 Å². The predicted molar refractivity (Wildman–Crippen MR) is 98.1 cm³/mol. The minimum absolute atomic E-state index is 0.377. The number of rotatable bonds is 1. The fourth-order valence-corrected chi connectivity index (χ4v) is 4.24. The maximum Gasteiger partial charge on any atom is 0.143 e. The highest BCUT2D eigenvalue weighted by Crippen LogP contribution is 2.40. The van der Waals surface area contributed by atoms with Gasteiger partial charge >= 0.3 is 0 Å². The molecule has 0 aliphatic carbocycles. The molecule has 1 fully saturated rings. The third-order valence-corrected chi connectivity index (χ3v) is 5.35. The van der Waals surface area contributed by atoms with E-state index in [0.717, 1.165) is 27.3 Å². The molecule has 1 aromatic rings. The molecule has 0 amide bonds. The highest BCUT2D eigenvalue weighted by molar-refractivity contribution is 8.27. The van der Waals surface area contributed by atoms with Crippen LogP contribution in [0.4, 0.5) is 0 Å². The summed E-state index contributed by atoms with van der Waals surface area (Å²) in [4.78, 5) is 1.57. The largest absolute Gasteiger partial charge is 0.339 e. The van der Waals surface area contributed by atoms with E-state index >= 15 is 0 Å². The molecular weight excluding hydrogens is 318 g/mol. The molecule has 108 valence electrons. The Bertz CT molecular complexity index is 732. The molecule has 3 N–H and O–H groups in total. The summed E-state index contributed by atoms with van der Waals surface area (Å²) in [6, 6.07) is 4.23. The number of thioether (sulfide) groups is 1. The van der Waals surface area contributed by atoms with Crippen molar-refractivity contribution in [2.45, 2.75) is 26.7 Å². The Morgan fingerprint density at radius 1 is 1.14 bits per heavy atom. The van der Waals surface area contributed by atoms with Gasteiger partial charge in [0.15, 0.2) is 0 Å². The van der Waals surface area contributed by atoms with Gasteiger partial charge in [-0.05, 0) is 24.0 Å². The molecule has 0 bridgehead atoms. The first kappa shape index (κ1) is 14.7. The van der Waals surface area contributed by atoms with E-state index in [1.165, 1.54) is 17.3 Å². The van der Waals surface area contributed by atoms with Crippen LogP contribution in [-0.2, 0) is 0 Å². The van der Waals surface area contributed by atoms with Crippen LogP contribution in [-0.4, -0.2) is 15.1 Å². The maximum absolute atomic E-state index is 8.27. The van der Waals surface area contributed by atoms with Gasteiger partial charge < -0.3 is 10.6 Å². The summed E-state index contributed by atoms with van der Waals surface area (Å²) >= 11 is 12.0. The zero-order valence-corrected chi connectivity index (χ0v) is 14.4. The Kier molecular flexibility index (Phi) is 3.63. The van der Waals surface area contributed by atoms with Gasteiger partial charge in [-0.1, -0.05) is 62.2 Å². The van der Waals surface area contributed by atoms with Crippen molar-refractivity contribution in [3.63, 3.8) is 0 Å². The number of benzene rings is 1. The van der Waals surface area contributed by atoms with Gasteiger partial charge in [-0.2, -0.15) is 0 Å². The lowest BCUT2D eigenvalue weighted by Crippen LogP contribution is -2.19. The lowest BCUT2D eigenvalue weighted by atomic mass is 9.90. The van der Waals surface area contributed by atoms with Gasteiger partial charge in [-0.3, -0.25) is 5.41 Å². The fourth-order valence-electron chi connectivity index (χ4n) is 2.69. The highest BCUT2D eigenvalue weighted by atomic mass is 32.2. The first-order valence-electron chi connectivity index (χ1n) is 6.67. The first-order chi connectivity index (χ1) is 9.90. The number of thiocarbonyl (C=S) groups is 2. The van der Waals surface area contributed by atoms with Crippen molar-refractivity contribution in [3.8, 4) is 0 Å². The Balaban J connectivity index is 2.31. The second-order valence-corrected chi connectivity index (χ2v) is 7.52. The van der Waals surface area contributed by atoms with Crippen LogP contribution in [0.2, 0.25) is 0 Å². The molecule has 0 aromatic heterocycles. The summed E-state index contributed by atoms with van der Waals surface area (Å²) in [5.74, 6) is 0.816. The molecule has 2 aliphatic heterocycles. The lowest BCUT2D eigenvalue weighted by Gasteiger charge is -2.14. The van der Waals surface area contributed by atoms with Gasteiger partial charge in [0.1, 0.15) is 15.1 Å². The van der Waals surface area contributed by atoms with Crippen LogP contribution in [0, 0.1) is 12.3 Å². The lowest BCUT2D eigenvalue weighted by molar-refractivity contribution is 0.861. The monoisotopic (exact) mass is 333 g/mol. The summed E-state index contributed by atoms with van der Waals surface area (Å²) in [7, 11) is 0. The first-order valence-corrected chi connectivity index (χ1v) is 8.30. The van der Waals surface area contributed by atoms with Crippen LogP contribution >= 0.6 is 36.2 Å². The van der Waals surface area contributed by atoms with Gasteiger partial charge in [0.05, 0.1) is 10.6 Å². The van der Waals surface area contributed by atoms with Crippen molar-refractivity contribution in [3.05, 3.63) is 39.3 Å². The molecular formula is C15H15N3S3. The van der Waals surface area contributed by atoms with Crippen LogP contribution in [0.3, 0.4) is 0 Å². The average Bonchev–Trinajstić information content (AvgIpc) is 2.90. The van der Waals surface area contributed by atoms with Gasteiger partial charge in [0.25, 0.3) is 0 Å². The molecule has 1 saturated heterocycles. The van der Waals surface area contributed by atoms with Crippen molar-refractivity contribution in [1.82, 2.24) is 10.6 Å². The number of hydrogen-bond acceptors (Lipinski definition) is 4. The number of aryl methyl sites for hydroxylation is 1. The van der Waals surface area contributed by atoms with Crippen LogP contribution in [0.1, 0.15) is 42.0 Å². The van der Waals surface area contributed by atoms with Crippen molar-refractivity contribution in [2.24, 2.45) is 0 Å². The molecule has 0 spiro atoms. The van der Waals surface area contributed by atoms with Crippen LogP contribution in [0.15, 0.2) is 17.0 Å². The summed E-state index contributed by atoms with van der Waals surface area (Å²) in [6.45, 7) is 6.37. The van der Waals surface area contributed by atoms with Crippen molar-refractivity contribution in [2.75, 3.05) is 0 Å². The standard InChI is InChI=1S/C15H15N3S3/c1-6(2)8-5-4-7(3)9-10(8)11(17-13(9)16)12-14(19)18-15(20)21-12/h4-6H,1-3H3,(H2,16,17)(H,18,19,20)/b12-11+. The smallest absolute Gasteiger partial charge is 0.143 e. The maximum atomic E-state index is 8.27. The molecule has 6 heteroatoms. The molecule has 0 radical (unpaired) electrons. The minimum Gasteiger partial charge on any atom is -0.339 e. The molecule has 21 heavy (non-hydrogen) atoms. The number of fused-ring (bicyclic) bond motifs is 1. The molecule has 0 saturated carbocycles. The summed E-state index contributed by atoms with van der Waals surface area (Å²) in [6.07, 6.45) is 0. The van der Waals surface area contributed by atoms with Gasteiger partial charge in [-0.15, -0.1) is 0 Å². The topological polar surface area (TPSA) is 47.9 Å². The van der Waals surface area contributed by atoms with E-state index in [1.54, 1.807) is 0 Å².